The summed E-state index contributed by atoms with van der Waals surface area (Å²) in [7, 11) is 1.53. The Morgan fingerprint density at radius 2 is 2.13 bits per heavy atom. The average molecular weight is 214 g/mol. The van der Waals surface area contributed by atoms with Crippen LogP contribution in [0.1, 0.15) is 27.2 Å². The fourth-order valence-corrected chi connectivity index (χ4v) is 1.57. The summed E-state index contributed by atoms with van der Waals surface area (Å²) in [5.74, 6) is -0.305. The van der Waals surface area contributed by atoms with Crippen molar-refractivity contribution in [3.05, 3.63) is 6.42 Å². The van der Waals surface area contributed by atoms with E-state index in [1.807, 2.05) is 25.7 Å². The van der Waals surface area contributed by atoms with Crippen LogP contribution in [0.15, 0.2) is 0 Å². The quantitative estimate of drug-likeness (QED) is 0.662. The topological polar surface area (TPSA) is 38.8 Å². The highest BCUT2D eigenvalue weighted by molar-refractivity contribution is 5.74. The van der Waals surface area contributed by atoms with E-state index in [0.29, 0.717) is 0 Å². The highest BCUT2D eigenvalue weighted by Gasteiger charge is 2.31. The fraction of sp³-hybridized carbons (Fsp3) is 0.818. The molecule has 0 amide bonds. The Morgan fingerprint density at radius 1 is 1.47 bits per heavy atom. The first kappa shape index (κ1) is 12.5. The minimum Gasteiger partial charge on any atom is -0.457 e. The van der Waals surface area contributed by atoms with Crippen molar-refractivity contribution in [2.45, 2.75) is 39.0 Å². The SMILES string of the molecule is CO[C@H](C(=O)OC(C)(C)C)N1C[CH]CC1. The molecule has 0 aliphatic carbocycles. The zero-order valence-electron chi connectivity index (χ0n) is 9.95. The van der Waals surface area contributed by atoms with Gasteiger partial charge in [-0.15, -0.1) is 0 Å². The highest BCUT2D eigenvalue weighted by Crippen LogP contribution is 2.16. The summed E-state index contributed by atoms with van der Waals surface area (Å²) in [6.07, 6.45) is 2.57. The molecule has 15 heavy (non-hydrogen) atoms. The van der Waals surface area contributed by atoms with Crippen molar-refractivity contribution in [2.24, 2.45) is 0 Å². The smallest absolute Gasteiger partial charge is 0.351 e. The van der Waals surface area contributed by atoms with Crippen LogP contribution >= 0.6 is 0 Å². The van der Waals surface area contributed by atoms with Gasteiger partial charge in [-0.25, -0.2) is 4.79 Å². The number of ether oxygens (including phenoxy) is 2. The Bertz CT molecular complexity index is 216. The Kier molecular flexibility index (Phi) is 4.11. The lowest BCUT2D eigenvalue weighted by atomic mass is 10.2. The number of methoxy groups -OCH3 is 1. The molecule has 0 spiro atoms. The number of rotatable bonds is 3. The molecule has 0 aromatic rings. The van der Waals surface area contributed by atoms with Gasteiger partial charge in [-0.3, -0.25) is 4.90 Å². The maximum Gasteiger partial charge on any atom is 0.351 e. The van der Waals surface area contributed by atoms with Gasteiger partial charge in [-0.1, -0.05) is 0 Å². The molecule has 1 aliphatic rings. The molecule has 0 saturated carbocycles. The van der Waals surface area contributed by atoms with Crippen molar-refractivity contribution in [2.75, 3.05) is 20.2 Å². The van der Waals surface area contributed by atoms with E-state index in [4.69, 9.17) is 9.47 Å². The second-order valence-corrected chi connectivity index (χ2v) is 4.69. The number of carbonyl (C=O) groups excluding carboxylic acids is 1. The predicted octanol–water partition coefficient (Wildman–Crippen LogP) is 1.21. The third-order valence-electron chi connectivity index (χ3n) is 2.15. The van der Waals surface area contributed by atoms with Crippen LogP contribution in [0.4, 0.5) is 0 Å². The lowest BCUT2D eigenvalue weighted by Crippen LogP contribution is -2.44. The maximum atomic E-state index is 11.8. The van der Waals surface area contributed by atoms with Crippen molar-refractivity contribution in [3.63, 3.8) is 0 Å². The third kappa shape index (κ3) is 3.80. The molecule has 1 atom stereocenters. The molecule has 1 fully saturated rings. The van der Waals surface area contributed by atoms with Crippen LogP contribution < -0.4 is 0 Å². The van der Waals surface area contributed by atoms with Gasteiger partial charge in [0.15, 0.2) is 0 Å². The summed E-state index contributed by atoms with van der Waals surface area (Å²) < 4.78 is 10.5. The molecule has 1 saturated heterocycles. The first-order valence-corrected chi connectivity index (χ1v) is 5.25. The normalized spacial score (nSPS) is 20.3. The molecular weight excluding hydrogens is 194 g/mol. The summed E-state index contributed by atoms with van der Waals surface area (Å²) in [4.78, 5) is 13.7. The monoisotopic (exact) mass is 214 g/mol. The molecular formula is C11H20NO3. The van der Waals surface area contributed by atoms with E-state index < -0.39 is 11.8 Å². The molecule has 4 nitrogen and oxygen atoms in total. The van der Waals surface area contributed by atoms with Gasteiger partial charge in [-0.2, -0.15) is 0 Å². The van der Waals surface area contributed by atoms with Crippen LogP contribution in [-0.4, -0.2) is 42.9 Å². The fourth-order valence-electron chi connectivity index (χ4n) is 1.57. The van der Waals surface area contributed by atoms with Gasteiger partial charge in [0.05, 0.1) is 0 Å². The second-order valence-electron chi connectivity index (χ2n) is 4.69. The van der Waals surface area contributed by atoms with Gasteiger partial charge in [-0.05, 0) is 33.6 Å². The van der Waals surface area contributed by atoms with Gasteiger partial charge in [0.2, 0.25) is 6.23 Å². The summed E-state index contributed by atoms with van der Waals surface area (Å²) in [6, 6.07) is 0. The van der Waals surface area contributed by atoms with Crippen LogP contribution in [0, 0.1) is 6.42 Å². The number of esters is 1. The zero-order valence-corrected chi connectivity index (χ0v) is 9.95. The average Bonchev–Trinajstić information content (AvgIpc) is 2.54. The zero-order chi connectivity index (χ0) is 11.5. The molecule has 0 N–H and O–H groups in total. The van der Waals surface area contributed by atoms with Crippen LogP contribution in [0.3, 0.4) is 0 Å². The maximum absolute atomic E-state index is 11.8. The molecule has 1 rings (SSSR count). The van der Waals surface area contributed by atoms with E-state index in [9.17, 15) is 4.79 Å². The van der Waals surface area contributed by atoms with Gasteiger partial charge >= 0.3 is 5.97 Å². The van der Waals surface area contributed by atoms with Crippen LogP contribution in [0.5, 0.6) is 0 Å². The molecule has 4 heteroatoms. The summed E-state index contributed by atoms with van der Waals surface area (Å²) in [5.41, 5.74) is -0.461. The Labute approximate surface area is 91.5 Å². The van der Waals surface area contributed by atoms with Gasteiger partial charge in [0.1, 0.15) is 5.60 Å². The molecule has 0 aromatic heterocycles. The molecule has 87 valence electrons. The Balaban J connectivity index is 2.53. The highest BCUT2D eigenvalue weighted by atomic mass is 16.6. The van der Waals surface area contributed by atoms with E-state index in [-0.39, 0.29) is 5.97 Å². The van der Waals surface area contributed by atoms with Crippen LogP contribution in [0.25, 0.3) is 0 Å². The van der Waals surface area contributed by atoms with E-state index in [1.54, 1.807) is 0 Å². The number of carbonyl (C=O) groups is 1. The van der Waals surface area contributed by atoms with Crippen molar-refractivity contribution in [1.29, 1.82) is 0 Å². The first-order chi connectivity index (χ1) is 6.94. The van der Waals surface area contributed by atoms with E-state index in [0.717, 1.165) is 19.5 Å². The van der Waals surface area contributed by atoms with Crippen molar-refractivity contribution >= 4 is 5.97 Å². The van der Waals surface area contributed by atoms with Crippen molar-refractivity contribution in [1.82, 2.24) is 4.90 Å². The van der Waals surface area contributed by atoms with Crippen molar-refractivity contribution < 1.29 is 14.3 Å². The van der Waals surface area contributed by atoms with E-state index >= 15 is 0 Å². The molecule has 1 aliphatic heterocycles. The predicted molar refractivity (Wildman–Crippen MR) is 57.1 cm³/mol. The Morgan fingerprint density at radius 3 is 2.53 bits per heavy atom. The third-order valence-corrected chi connectivity index (χ3v) is 2.15. The largest absolute Gasteiger partial charge is 0.457 e. The van der Waals surface area contributed by atoms with E-state index in [1.165, 1.54) is 7.11 Å². The molecule has 0 unspecified atom stereocenters. The van der Waals surface area contributed by atoms with Crippen LogP contribution in [0.2, 0.25) is 0 Å². The van der Waals surface area contributed by atoms with Crippen LogP contribution in [-0.2, 0) is 14.3 Å². The molecule has 1 heterocycles. The lowest BCUT2D eigenvalue weighted by Gasteiger charge is -2.28. The van der Waals surface area contributed by atoms with Crippen molar-refractivity contribution in [3.8, 4) is 0 Å². The lowest BCUT2D eigenvalue weighted by molar-refractivity contribution is -0.178. The second kappa shape index (κ2) is 4.94. The van der Waals surface area contributed by atoms with Gasteiger partial charge in [0.25, 0.3) is 0 Å². The number of likely N-dealkylation sites (tertiary alicyclic amines) is 1. The number of hydrogen-bond donors (Lipinski definition) is 0. The molecule has 0 bridgehead atoms. The summed E-state index contributed by atoms with van der Waals surface area (Å²) in [5, 5.41) is 0. The molecule has 0 aromatic carbocycles. The first-order valence-electron chi connectivity index (χ1n) is 5.25. The Hall–Kier alpha value is -0.610. The van der Waals surface area contributed by atoms with Gasteiger partial charge < -0.3 is 9.47 Å². The minimum atomic E-state index is -0.567. The minimum absolute atomic E-state index is 0.305. The van der Waals surface area contributed by atoms with E-state index in [2.05, 4.69) is 6.42 Å². The summed E-state index contributed by atoms with van der Waals surface area (Å²) >= 11 is 0. The summed E-state index contributed by atoms with van der Waals surface area (Å²) in [6.45, 7) is 7.21. The molecule has 1 radical (unpaired) electrons. The standard InChI is InChI=1S/C11H20NO3/c1-11(2,3)15-10(13)9(14-4)12-7-5-6-8-12/h5,9H,6-8H2,1-4H3/t9-/m1/s1. The van der Waals surface area contributed by atoms with Gasteiger partial charge in [0, 0.05) is 20.2 Å². The number of nitrogens with zero attached hydrogens (tertiary/aromatic N) is 1. The number of hydrogen-bond acceptors (Lipinski definition) is 4.